The van der Waals surface area contributed by atoms with E-state index in [4.69, 9.17) is 0 Å². The van der Waals surface area contributed by atoms with Gasteiger partial charge in [-0.15, -0.1) is 11.8 Å². The fourth-order valence-electron chi connectivity index (χ4n) is 1.90. The second-order valence-corrected chi connectivity index (χ2v) is 5.85. The van der Waals surface area contributed by atoms with Crippen LogP contribution in [0.3, 0.4) is 0 Å². The Kier molecular flexibility index (Phi) is 4.85. The van der Waals surface area contributed by atoms with Crippen LogP contribution < -0.4 is 5.32 Å². The minimum absolute atomic E-state index is 0.0216. The van der Waals surface area contributed by atoms with E-state index in [0.717, 1.165) is 0 Å². The second-order valence-electron chi connectivity index (χ2n) is 4.90. The van der Waals surface area contributed by atoms with Crippen LogP contribution in [0.5, 0.6) is 0 Å². The van der Waals surface area contributed by atoms with E-state index in [0.29, 0.717) is 22.9 Å². The molecule has 1 N–H and O–H groups in total. The van der Waals surface area contributed by atoms with Crippen molar-refractivity contribution in [2.24, 2.45) is 0 Å². The average Bonchev–Trinajstić information content (AvgIpc) is 2.83. The molecule has 1 aromatic rings. The molecule has 2 rings (SSSR count). The summed E-state index contributed by atoms with van der Waals surface area (Å²) in [6.45, 7) is 0.0394. The fraction of sp³-hybridized carbons (Fsp3) is 0.357. The highest BCUT2D eigenvalue weighted by Gasteiger charge is 2.22. The molecule has 7 heteroatoms. The van der Waals surface area contributed by atoms with Crippen molar-refractivity contribution >= 4 is 35.2 Å². The molecule has 0 radical (unpaired) electrons. The second kappa shape index (κ2) is 6.62. The number of benzene rings is 1. The van der Waals surface area contributed by atoms with Gasteiger partial charge in [-0.3, -0.25) is 14.4 Å². The smallest absolute Gasteiger partial charge is 0.253 e. The molecule has 1 fully saturated rings. The molecule has 1 heterocycles. The number of anilines is 1. The van der Waals surface area contributed by atoms with Crippen LogP contribution in [-0.2, 0) is 9.59 Å². The Bertz CT molecular complexity index is 574. The number of nitrogens with zero attached hydrogens (tertiary/aromatic N) is 2. The molecule has 112 valence electrons. The highest BCUT2D eigenvalue weighted by atomic mass is 32.2. The topological polar surface area (TPSA) is 69.7 Å². The van der Waals surface area contributed by atoms with E-state index in [2.05, 4.69) is 5.32 Å². The maximum atomic E-state index is 11.9. The standard InChI is InChI=1S/C14H17N3O3S/c1-16(2)14(20)10-4-3-5-11(6-10)15-12(18)7-17-9-21-8-13(17)19/h3-6H,7-9H2,1-2H3,(H,15,18). The third-order valence-corrected chi connectivity index (χ3v) is 3.90. The van der Waals surface area contributed by atoms with Gasteiger partial charge in [-0.2, -0.15) is 0 Å². The lowest BCUT2D eigenvalue weighted by Crippen LogP contribution is -2.34. The van der Waals surface area contributed by atoms with Crippen LogP contribution in [0.25, 0.3) is 0 Å². The molecule has 1 saturated heterocycles. The van der Waals surface area contributed by atoms with Gasteiger partial charge in [0.2, 0.25) is 11.8 Å². The highest BCUT2D eigenvalue weighted by molar-refractivity contribution is 8.00. The normalized spacial score (nSPS) is 14.2. The number of carbonyl (C=O) groups is 3. The van der Waals surface area contributed by atoms with E-state index in [-0.39, 0.29) is 24.3 Å². The maximum Gasteiger partial charge on any atom is 0.253 e. The van der Waals surface area contributed by atoms with Gasteiger partial charge in [0.15, 0.2) is 0 Å². The Balaban J connectivity index is 1.99. The first-order chi connectivity index (χ1) is 9.97. The Morgan fingerprint density at radius 2 is 2.14 bits per heavy atom. The van der Waals surface area contributed by atoms with Crippen molar-refractivity contribution in [3.8, 4) is 0 Å². The minimum Gasteiger partial charge on any atom is -0.345 e. The quantitative estimate of drug-likeness (QED) is 0.896. The summed E-state index contributed by atoms with van der Waals surface area (Å²) in [7, 11) is 3.34. The van der Waals surface area contributed by atoms with E-state index in [1.807, 2.05) is 0 Å². The van der Waals surface area contributed by atoms with Gasteiger partial charge in [-0.25, -0.2) is 0 Å². The summed E-state index contributed by atoms with van der Waals surface area (Å²) in [4.78, 5) is 38.2. The van der Waals surface area contributed by atoms with Gasteiger partial charge >= 0.3 is 0 Å². The number of carbonyl (C=O) groups excluding carboxylic acids is 3. The molecule has 0 bridgehead atoms. The van der Waals surface area contributed by atoms with Gasteiger partial charge in [0.25, 0.3) is 5.91 Å². The molecule has 0 unspecified atom stereocenters. The molecule has 0 aliphatic carbocycles. The zero-order valence-corrected chi connectivity index (χ0v) is 12.8. The average molecular weight is 307 g/mol. The molecule has 0 atom stereocenters. The van der Waals surface area contributed by atoms with Crippen molar-refractivity contribution in [1.82, 2.24) is 9.80 Å². The van der Waals surface area contributed by atoms with Crippen molar-refractivity contribution < 1.29 is 14.4 Å². The Morgan fingerprint density at radius 1 is 1.38 bits per heavy atom. The number of nitrogens with one attached hydrogen (secondary N) is 1. The van der Waals surface area contributed by atoms with Crippen molar-refractivity contribution in [2.75, 3.05) is 37.6 Å². The molecular formula is C14H17N3O3S. The lowest BCUT2D eigenvalue weighted by atomic mass is 10.2. The fourth-order valence-corrected chi connectivity index (χ4v) is 2.81. The zero-order chi connectivity index (χ0) is 15.4. The number of hydrogen-bond acceptors (Lipinski definition) is 4. The monoisotopic (exact) mass is 307 g/mol. The summed E-state index contributed by atoms with van der Waals surface area (Å²) in [5.41, 5.74) is 1.05. The summed E-state index contributed by atoms with van der Waals surface area (Å²) in [6, 6.07) is 6.74. The van der Waals surface area contributed by atoms with Gasteiger partial charge in [0.05, 0.1) is 11.6 Å². The van der Waals surface area contributed by atoms with Crippen molar-refractivity contribution in [3.63, 3.8) is 0 Å². The van der Waals surface area contributed by atoms with Gasteiger partial charge in [0.1, 0.15) is 6.54 Å². The minimum atomic E-state index is -0.264. The van der Waals surface area contributed by atoms with E-state index in [1.165, 1.54) is 21.6 Å². The van der Waals surface area contributed by atoms with Crippen LogP contribution in [0.1, 0.15) is 10.4 Å². The maximum absolute atomic E-state index is 11.9. The number of rotatable bonds is 4. The molecule has 0 saturated carbocycles. The summed E-state index contributed by atoms with van der Waals surface area (Å²) in [6.07, 6.45) is 0. The van der Waals surface area contributed by atoms with Gasteiger partial charge < -0.3 is 15.1 Å². The van der Waals surface area contributed by atoms with Crippen LogP contribution in [-0.4, -0.2) is 59.8 Å². The van der Waals surface area contributed by atoms with Crippen LogP contribution in [0.2, 0.25) is 0 Å². The summed E-state index contributed by atoms with van der Waals surface area (Å²) in [5, 5.41) is 2.71. The van der Waals surface area contributed by atoms with Crippen LogP contribution in [0, 0.1) is 0 Å². The SMILES string of the molecule is CN(C)C(=O)c1cccc(NC(=O)CN2CSCC2=O)c1. The lowest BCUT2D eigenvalue weighted by Gasteiger charge is -2.15. The molecule has 1 aliphatic heterocycles. The van der Waals surface area contributed by atoms with E-state index in [9.17, 15) is 14.4 Å². The van der Waals surface area contributed by atoms with Crippen molar-refractivity contribution in [1.29, 1.82) is 0 Å². The Morgan fingerprint density at radius 3 is 2.76 bits per heavy atom. The van der Waals surface area contributed by atoms with Crippen LogP contribution in [0.15, 0.2) is 24.3 Å². The lowest BCUT2D eigenvalue weighted by molar-refractivity contribution is -0.130. The van der Waals surface area contributed by atoms with Crippen LogP contribution in [0.4, 0.5) is 5.69 Å². The summed E-state index contributed by atoms with van der Waals surface area (Å²) < 4.78 is 0. The molecule has 1 aromatic carbocycles. The molecule has 6 nitrogen and oxygen atoms in total. The third kappa shape index (κ3) is 3.98. The molecule has 0 spiro atoms. The third-order valence-electron chi connectivity index (χ3n) is 2.96. The van der Waals surface area contributed by atoms with Crippen LogP contribution >= 0.6 is 11.8 Å². The van der Waals surface area contributed by atoms with Gasteiger partial charge in [-0.05, 0) is 18.2 Å². The van der Waals surface area contributed by atoms with E-state index in [1.54, 1.807) is 38.4 Å². The number of amides is 3. The predicted octanol–water partition coefficient (Wildman–Crippen LogP) is 0.860. The first-order valence-electron chi connectivity index (χ1n) is 6.44. The van der Waals surface area contributed by atoms with Gasteiger partial charge in [0, 0.05) is 25.3 Å². The highest BCUT2D eigenvalue weighted by Crippen LogP contribution is 2.15. The van der Waals surface area contributed by atoms with Gasteiger partial charge in [-0.1, -0.05) is 6.07 Å². The molecule has 0 aromatic heterocycles. The first kappa shape index (κ1) is 15.4. The zero-order valence-electron chi connectivity index (χ0n) is 12.0. The summed E-state index contributed by atoms with van der Waals surface area (Å²) >= 11 is 1.49. The summed E-state index contributed by atoms with van der Waals surface area (Å²) in [5.74, 6) is 0.565. The predicted molar refractivity (Wildman–Crippen MR) is 82.1 cm³/mol. The Hall–Kier alpha value is -2.02. The van der Waals surface area contributed by atoms with Crippen molar-refractivity contribution in [3.05, 3.63) is 29.8 Å². The first-order valence-corrected chi connectivity index (χ1v) is 7.60. The van der Waals surface area contributed by atoms with E-state index >= 15 is 0 Å². The number of thioether (sulfide) groups is 1. The molecular weight excluding hydrogens is 290 g/mol. The molecule has 3 amide bonds. The number of hydrogen-bond donors (Lipinski definition) is 1. The largest absolute Gasteiger partial charge is 0.345 e. The molecule has 1 aliphatic rings. The van der Waals surface area contributed by atoms with Crippen molar-refractivity contribution in [2.45, 2.75) is 0 Å². The molecule has 21 heavy (non-hydrogen) atoms. The van der Waals surface area contributed by atoms with E-state index < -0.39 is 0 Å². The Labute approximate surface area is 127 Å².